The summed E-state index contributed by atoms with van der Waals surface area (Å²) in [5.41, 5.74) is 5.64. The van der Waals surface area contributed by atoms with E-state index in [0.29, 0.717) is 108 Å². The van der Waals surface area contributed by atoms with Gasteiger partial charge >= 0.3 is 0 Å². The summed E-state index contributed by atoms with van der Waals surface area (Å²) in [5, 5.41) is 18.5. The normalized spacial score (nSPS) is 14.6. The third kappa shape index (κ3) is 24.9. The van der Waals surface area contributed by atoms with E-state index in [-0.39, 0.29) is 65.0 Å². The van der Waals surface area contributed by atoms with Crippen molar-refractivity contribution in [3.8, 4) is 62.3 Å². The molecule has 676 valence electrons. The number of nitrogens with one attached hydrogen (secondary N) is 6. The van der Waals surface area contributed by atoms with E-state index in [4.69, 9.17) is 33.2 Å². The third-order valence-corrected chi connectivity index (χ3v) is 27.3. The fraction of sp³-hybridized carbons (Fsp3) is 0.304. The maximum atomic E-state index is 14.6. The van der Waals surface area contributed by atoms with E-state index in [1.54, 1.807) is 193 Å². The van der Waals surface area contributed by atoms with Crippen molar-refractivity contribution in [2.45, 2.75) is 51.9 Å². The topological polar surface area (TPSA) is 300 Å². The second kappa shape index (κ2) is 45.7. The molecule has 1 atom stereocenters. The summed E-state index contributed by atoms with van der Waals surface area (Å²) in [4.78, 5) is 4.88. The summed E-state index contributed by atoms with van der Waals surface area (Å²) in [6.07, 6.45) is 6.01. The van der Waals surface area contributed by atoms with Crippen LogP contribution in [0, 0.1) is 23.3 Å². The smallest absolute Gasteiger partial charge is 0.268 e. The van der Waals surface area contributed by atoms with Crippen LogP contribution in [0.1, 0.15) is 22.3 Å². The molecule has 12 aromatic rings. The number of benzene rings is 8. The Labute approximate surface area is 739 Å². The molecular formula is C92H106F4N12O15S4. The average molecular weight is 1820 g/mol. The number of methoxy groups -OCH3 is 1. The fourth-order valence-corrected chi connectivity index (χ4v) is 20.0. The molecular weight excluding hydrogens is 1720 g/mol. The molecule has 0 aliphatic carbocycles. The zero-order valence-electron chi connectivity index (χ0n) is 71.2. The monoisotopic (exact) mass is 1820 g/mol. The highest BCUT2D eigenvalue weighted by molar-refractivity contribution is 7.91. The van der Waals surface area contributed by atoms with Crippen LogP contribution < -0.4 is 46.1 Å². The third-order valence-electron chi connectivity index (χ3n) is 20.6. The van der Waals surface area contributed by atoms with Crippen LogP contribution >= 0.6 is 0 Å². The van der Waals surface area contributed by atoms with Gasteiger partial charge in [-0.1, -0.05) is 72.8 Å². The van der Waals surface area contributed by atoms with E-state index in [2.05, 4.69) is 41.7 Å². The second-order valence-corrected chi connectivity index (χ2v) is 36.9. The first-order valence-electron chi connectivity index (χ1n) is 41.3. The highest BCUT2D eigenvalue weighted by Gasteiger charge is 2.30. The molecule has 15 rings (SSSR count). The highest BCUT2D eigenvalue weighted by Crippen LogP contribution is 2.36. The number of nitrogens with zero attached hydrogens (tertiary/aromatic N) is 6. The van der Waals surface area contributed by atoms with Crippen molar-refractivity contribution in [3.63, 3.8) is 0 Å². The van der Waals surface area contributed by atoms with Gasteiger partial charge in [-0.25, -0.2) is 67.1 Å². The highest BCUT2D eigenvalue weighted by atomic mass is 32.2. The van der Waals surface area contributed by atoms with Crippen LogP contribution in [0.4, 0.5) is 23.2 Å². The van der Waals surface area contributed by atoms with Crippen LogP contribution in [-0.4, -0.2) is 219 Å². The standard InChI is InChI=1S/C24H29FN4O3S.C24H28FN3O4S.C23H26FN3O4S.C21H23FN2O4S/c1-26-17-19-15-24(22-7-2-3-8-23(22)25)29(18-19)33(30,31)21-6-4-5-20(16-21)27-9-10-28-11-13-32-14-12-28;1-26-17-19-15-24(22-7-2-3-8-23(22)25)28(18-19)33(29,30)21-6-4-5-20(16-21)32-14-11-27-9-12-31-13-10-27;1-25-13-17-11-23(21-7-2-3-8-22(21)24)27(15-17)32(28,29)20-6-4-5-18(12-20)31-16-19-14-26-9-10-30-19;1-23-14-16-12-21(19-8-3-4-9-20(19)22)24(15-16)29(25,26)18-7-5-6-17(13-18)28-11-10-27-2/h2-8,15-16,18,26-27H,9-14,17H2,1H3;2-8,15-16,18,26H,9-14,17H2,1H3;2-8,11-12,15,19,25-26H,9-10,13-14,16H2,1H3;3-9,12-13,15,23H,10-11,14H2,1-2H3. The van der Waals surface area contributed by atoms with Gasteiger partial charge in [0.25, 0.3) is 40.1 Å². The van der Waals surface area contributed by atoms with Crippen LogP contribution in [0.5, 0.6) is 17.2 Å². The first kappa shape index (κ1) is 95.3. The van der Waals surface area contributed by atoms with Crippen molar-refractivity contribution < 1.29 is 84.4 Å². The van der Waals surface area contributed by atoms with Gasteiger partial charge in [0.2, 0.25) is 0 Å². The Bertz CT molecular complexity index is 5910. The number of anilines is 1. The lowest BCUT2D eigenvalue weighted by atomic mass is 10.1. The van der Waals surface area contributed by atoms with Crippen molar-refractivity contribution in [2.24, 2.45) is 0 Å². The Balaban J connectivity index is 0.000000154. The van der Waals surface area contributed by atoms with Crippen molar-refractivity contribution in [1.82, 2.24) is 52.3 Å². The minimum atomic E-state index is -4.00. The van der Waals surface area contributed by atoms with Crippen molar-refractivity contribution in [1.29, 1.82) is 0 Å². The Morgan fingerprint density at radius 1 is 0.386 bits per heavy atom. The molecule has 127 heavy (non-hydrogen) atoms. The molecule has 6 N–H and O–H groups in total. The number of hydrogen-bond donors (Lipinski definition) is 6. The number of ether oxygens (including phenoxy) is 7. The van der Waals surface area contributed by atoms with Gasteiger partial charge in [-0.2, -0.15) is 0 Å². The van der Waals surface area contributed by atoms with Gasteiger partial charge in [-0.15, -0.1) is 0 Å². The minimum Gasteiger partial charge on any atom is -0.492 e. The van der Waals surface area contributed by atoms with Gasteiger partial charge < -0.3 is 65.1 Å². The van der Waals surface area contributed by atoms with E-state index in [1.807, 2.05) is 6.07 Å². The van der Waals surface area contributed by atoms with Gasteiger partial charge in [-0.3, -0.25) is 9.80 Å². The van der Waals surface area contributed by atoms with E-state index in [9.17, 15) is 51.2 Å². The Morgan fingerprint density at radius 3 is 1.07 bits per heavy atom. The molecule has 3 fully saturated rings. The van der Waals surface area contributed by atoms with Crippen LogP contribution in [0.25, 0.3) is 45.0 Å². The molecule has 3 aliphatic heterocycles. The summed E-state index contributed by atoms with van der Waals surface area (Å²) in [6.45, 7) is 14.1. The first-order chi connectivity index (χ1) is 61.4. The molecule has 1 unspecified atom stereocenters. The van der Waals surface area contributed by atoms with Crippen LogP contribution in [-0.2, 0) is 85.2 Å². The van der Waals surface area contributed by atoms with Crippen molar-refractivity contribution in [2.75, 3.05) is 159 Å². The summed E-state index contributed by atoms with van der Waals surface area (Å²) in [7, 11) is -7.27. The zero-order valence-corrected chi connectivity index (χ0v) is 74.4. The molecule has 3 aliphatic rings. The van der Waals surface area contributed by atoms with Crippen LogP contribution in [0.2, 0.25) is 0 Å². The van der Waals surface area contributed by atoms with E-state index >= 15 is 0 Å². The number of halogens is 4. The lowest BCUT2D eigenvalue weighted by molar-refractivity contribution is 0.000151. The quantitative estimate of drug-likeness (QED) is 0.0159. The number of aromatic nitrogens is 4. The minimum absolute atomic E-state index is 0.0524. The molecule has 0 bridgehead atoms. The fourth-order valence-electron chi connectivity index (χ4n) is 14.3. The molecule has 0 saturated carbocycles. The molecule has 4 aromatic heterocycles. The van der Waals surface area contributed by atoms with Gasteiger partial charge in [0.1, 0.15) is 66.4 Å². The summed E-state index contributed by atoms with van der Waals surface area (Å²) in [6, 6.07) is 57.0. The molecule has 8 aromatic carbocycles. The van der Waals surface area contributed by atoms with Crippen LogP contribution in [0.3, 0.4) is 0 Å². The van der Waals surface area contributed by atoms with E-state index < -0.39 is 63.4 Å². The largest absolute Gasteiger partial charge is 0.492 e. The number of rotatable bonds is 35. The molecule has 0 radical (unpaired) electrons. The number of morpholine rings is 3. The zero-order chi connectivity index (χ0) is 89.9. The first-order valence-corrected chi connectivity index (χ1v) is 47.1. The molecule has 35 heteroatoms. The van der Waals surface area contributed by atoms with E-state index in [0.717, 1.165) is 98.9 Å². The van der Waals surface area contributed by atoms with Gasteiger partial charge in [0.15, 0.2) is 0 Å². The molecule has 3 saturated heterocycles. The predicted octanol–water partition coefficient (Wildman–Crippen LogP) is 11.8. The second-order valence-electron chi connectivity index (χ2n) is 29.7. The van der Waals surface area contributed by atoms with Gasteiger partial charge in [0.05, 0.1) is 82.0 Å². The molecule has 7 heterocycles. The predicted molar refractivity (Wildman–Crippen MR) is 480 cm³/mol. The molecule has 27 nitrogen and oxygen atoms in total. The maximum Gasteiger partial charge on any atom is 0.268 e. The average Bonchev–Trinajstić information content (AvgIpc) is 1.67. The maximum absolute atomic E-state index is 14.6. The molecule has 0 amide bonds. The van der Waals surface area contributed by atoms with E-state index in [1.165, 1.54) is 83.2 Å². The Hall–Kier alpha value is -10.8. The van der Waals surface area contributed by atoms with Crippen molar-refractivity contribution >= 4 is 45.8 Å². The van der Waals surface area contributed by atoms with Gasteiger partial charge in [0, 0.05) is 163 Å². The van der Waals surface area contributed by atoms with Crippen LogP contribution in [0.15, 0.2) is 263 Å². The lowest BCUT2D eigenvalue weighted by Gasteiger charge is -2.26. The SMILES string of the molecule is CNCc1cc(-c2ccccc2F)n(S(=O)(=O)c2cccc(NCCN3CCOCC3)c2)c1.CNCc1cc(-c2ccccc2F)n(S(=O)(=O)c2cccc(OCC3CNCCO3)c2)c1.CNCc1cc(-c2ccccc2F)n(S(=O)(=O)c2cccc(OCCN3CCOCC3)c2)c1.CNCc1cc(-c2ccccc2F)n(S(=O)(=O)c2cccc(OCCOC)c2)c1. The lowest BCUT2D eigenvalue weighted by Crippen LogP contribution is -2.41. The Morgan fingerprint density at radius 2 is 0.724 bits per heavy atom. The summed E-state index contributed by atoms with van der Waals surface area (Å²) < 4.78 is 209. The summed E-state index contributed by atoms with van der Waals surface area (Å²) >= 11 is 0. The number of hydrogen-bond acceptors (Lipinski definition) is 23. The van der Waals surface area contributed by atoms with Crippen molar-refractivity contribution in [3.05, 3.63) is 289 Å². The van der Waals surface area contributed by atoms with Gasteiger partial charge in [-0.05, 0) is 178 Å². The molecule has 0 spiro atoms. The Kier molecular flexibility index (Phi) is 34.3. The summed E-state index contributed by atoms with van der Waals surface area (Å²) in [5.74, 6) is -0.622.